The first kappa shape index (κ1) is 39.1. The molecule has 0 radical (unpaired) electrons. The van der Waals surface area contributed by atoms with Crippen molar-refractivity contribution in [1.82, 2.24) is 0 Å². The molecule has 0 saturated heterocycles. The molecule has 297 valence electrons. The van der Waals surface area contributed by atoms with Gasteiger partial charge < -0.3 is 0 Å². The van der Waals surface area contributed by atoms with Crippen molar-refractivity contribution in [2.45, 2.75) is 39.1 Å². The Hall–Kier alpha value is -4.82. The van der Waals surface area contributed by atoms with E-state index >= 15 is 0 Å². The molecule has 0 heterocycles. The Bertz CT molecular complexity index is 3330. The Morgan fingerprint density at radius 2 is 0.820 bits per heavy atom. The molecule has 0 nitrogen and oxygen atoms in total. The Morgan fingerprint density at radius 3 is 1.26 bits per heavy atom. The third-order valence-electron chi connectivity index (χ3n) is 14.2. The quantitative estimate of drug-likeness (QED) is 0.115. The van der Waals surface area contributed by atoms with Crippen LogP contribution in [0, 0.1) is 13.8 Å². The molecule has 2 aliphatic rings. The van der Waals surface area contributed by atoms with Crippen molar-refractivity contribution >= 4 is 79.1 Å². The maximum absolute atomic E-state index is 9.16. The van der Waals surface area contributed by atoms with Gasteiger partial charge in [0.15, 0.2) is 0 Å². The molecule has 0 amide bonds. The summed E-state index contributed by atoms with van der Waals surface area (Å²) < 4.78 is 0.362. The van der Waals surface area contributed by atoms with Crippen molar-refractivity contribution in [3.63, 3.8) is 0 Å². The van der Waals surface area contributed by atoms with Gasteiger partial charge >= 0.3 is 368 Å². The minimum atomic E-state index is -5.92. The Morgan fingerprint density at radius 1 is 0.426 bits per heavy atom. The van der Waals surface area contributed by atoms with E-state index in [2.05, 4.69) is 204 Å². The normalized spacial score (nSPS) is 17.3. The molecular formula is C57H47Cl2SiZr. The van der Waals surface area contributed by atoms with E-state index < -0.39 is 13.5 Å². The molecule has 9 aromatic carbocycles. The van der Waals surface area contributed by atoms with Gasteiger partial charge in [0.2, 0.25) is 0 Å². The first-order valence-corrected chi connectivity index (χ1v) is 38.3. The Labute approximate surface area is 364 Å². The summed E-state index contributed by atoms with van der Waals surface area (Å²) >= 11 is -5.92. The van der Waals surface area contributed by atoms with Gasteiger partial charge in [0.05, 0.1) is 0 Å². The van der Waals surface area contributed by atoms with Gasteiger partial charge in [-0.3, -0.25) is 0 Å². The molecule has 9 aromatic rings. The van der Waals surface area contributed by atoms with E-state index in [1.165, 1.54) is 115 Å². The molecule has 2 aliphatic carbocycles. The van der Waals surface area contributed by atoms with Crippen LogP contribution in [0.2, 0.25) is 0 Å². The van der Waals surface area contributed by atoms with E-state index in [9.17, 15) is 0 Å². The van der Waals surface area contributed by atoms with E-state index in [0.717, 1.165) is 0 Å². The van der Waals surface area contributed by atoms with Crippen molar-refractivity contribution in [2.75, 3.05) is 0 Å². The number of hydrogen-bond acceptors (Lipinski definition) is 0. The second kappa shape index (κ2) is 13.6. The molecule has 11 rings (SSSR count). The SMILES string of the molecule is CC1=Cc2c(-c3cccc4cc5ccccc5cc34)cc(C)cc2[CH]1[Zr](=[SiH2])([Cl])([Cl])([CH2]c1ccccc1)[CH]1C(C)=Cc2c(-c3cccc4cc5ccccc5cc34)cc(C)cc21. The predicted molar refractivity (Wildman–Crippen MR) is 266 cm³/mol. The van der Waals surface area contributed by atoms with Crippen LogP contribution in [0.4, 0.5) is 0 Å². The second-order valence-corrected chi connectivity index (χ2v) is 65.7. The van der Waals surface area contributed by atoms with Gasteiger partial charge in [0.1, 0.15) is 0 Å². The van der Waals surface area contributed by atoms with Crippen molar-refractivity contribution in [3.05, 3.63) is 214 Å². The van der Waals surface area contributed by atoms with Crippen molar-refractivity contribution < 1.29 is 13.5 Å². The second-order valence-electron chi connectivity index (χ2n) is 18.7. The summed E-state index contributed by atoms with van der Waals surface area (Å²) in [6.07, 6.45) is 4.87. The number of fused-ring (bicyclic) bond motifs is 6. The monoisotopic (exact) mass is 919 g/mol. The zero-order valence-electron chi connectivity index (χ0n) is 35.1. The van der Waals surface area contributed by atoms with E-state index in [-0.39, 0.29) is 7.25 Å². The van der Waals surface area contributed by atoms with Crippen molar-refractivity contribution in [1.29, 1.82) is 0 Å². The van der Waals surface area contributed by atoms with Crippen LogP contribution < -0.4 is 0 Å². The molecule has 0 bridgehead atoms. The van der Waals surface area contributed by atoms with Gasteiger partial charge in [-0.1, -0.05) is 0 Å². The number of benzene rings is 9. The van der Waals surface area contributed by atoms with Crippen LogP contribution in [-0.2, 0) is 17.7 Å². The average molecular weight is 922 g/mol. The summed E-state index contributed by atoms with van der Waals surface area (Å²) in [6.45, 7) is 11.1. The molecule has 0 aliphatic heterocycles. The minimum absolute atomic E-state index is 0.139. The first-order chi connectivity index (χ1) is 29.3. The van der Waals surface area contributed by atoms with Gasteiger partial charge in [0.25, 0.3) is 0 Å². The van der Waals surface area contributed by atoms with Gasteiger partial charge in [-0.25, -0.2) is 0 Å². The number of halogens is 2. The molecule has 0 aromatic heterocycles. The fourth-order valence-electron chi connectivity index (χ4n) is 12.0. The number of aryl methyl sites for hydroxylation is 2. The number of hydrogen-bond donors (Lipinski definition) is 0. The fraction of sp³-hybridized carbons (Fsp3) is 0.123. The van der Waals surface area contributed by atoms with Crippen LogP contribution in [0.15, 0.2) is 175 Å². The predicted octanol–water partition coefficient (Wildman–Crippen LogP) is 16.1. The third kappa shape index (κ3) is 6.08. The van der Waals surface area contributed by atoms with Crippen LogP contribution in [-0.4, -0.2) is 6.88 Å². The fourth-order valence-corrected chi connectivity index (χ4v) is 45.8. The summed E-state index contributed by atoms with van der Waals surface area (Å²) in [5.41, 5.74) is 16.2. The standard InChI is InChI=1S/2C25H19.C7H7.2ClH.H2Si.Zr/c2*1-16-10-21-11-17(2)13-25(23(21)12-16)22-9-5-8-20-14-18-6-3-4-7-19(18)15-24(20)22;1-7-5-3-2-4-6-7;;;;/h2*3-15H,1-2H3;2-6H,1H2;2*1H;1H2;/q;;;;;;+2/p-2. The molecule has 0 saturated carbocycles. The topological polar surface area (TPSA) is 0 Å². The van der Waals surface area contributed by atoms with Gasteiger partial charge in [-0.15, -0.1) is 0 Å². The van der Waals surface area contributed by atoms with Crippen LogP contribution >= 0.6 is 17.0 Å². The number of rotatable bonds is 6. The molecule has 0 spiro atoms. The Balaban J connectivity index is 1.15. The van der Waals surface area contributed by atoms with Crippen molar-refractivity contribution in [2.24, 2.45) is 0 Å². The molecule has 2 atom stereocenters. The third-order valence-corrected chi connectivity index (χ3v) is 42.1. The summed E-state index contributed by atoms with van der Waals surface area (Å²) in [5, 5.41) is 10.0. The summed E-state index contributed by atoms with van der Waals surface area (Å²) in [6, 6.07) is 60.6. The molecular weight excluding hydrogens is 875 g/mol. The van der Waals surface area contributed by atoms with Gasteiger partial charge in [-0.2, -0.15) is 0 Å². The Kier molecular flexibility index (Phi) is 8.70. The zero-order valence-corrected chi connectivity index (χ0v) is 40.5. The van der Waals surface area contributed by atoms with Crippen molar-refractivity contribution in [3.8, 4) is 22.3 Å². The van der Waals surface area contributed by atoms with E-state index in [4.69, 9.17) is 17.0 Å². The van der Waals surface area contributed by atoms with Gasteiger partial charge in [0, 0.05) is 0 Å². The molecule has 0 fully saturated rings. The van der Waals surface area contributed by atoms with E-state index in [0.29, 0.717) is 4.13 Å². The molecule has 0 N–H and O–H groups in total. The molecule has 61 heavy (non-hydrogen) atoms. The first-order valence-electron chi connectivity index (χ1n) is 21.5. The zero-order chi connectivity index (χ0) is 41.9. The summed E-state index contributed by atoms with van der Waals surface area (Å²) in [4.78, 5) is 0. The van der Waals surface area contributed by atoms with Crippen LogP contribution in [0.1, 0.15) is 60.0 Å². The molecule has 4 heteroatoms. The van der Waals surface area contributed by atoms with Crippen LogP contribution in [0.3, 0.4) is 0 Å². The summed E-state index contributed by atoms with van der Waals surface area (Å²) in [7, 11) is 18.3. The van der Waals surface area contributed by atoms with Gasteiger partial charge in [-0.05, 0) is 0 Å². The van der Waals surface area contributed by atoms with E-state index in [1.54, 1.807) is 0 Å². The number of allylic oxidation sites excluding steroid dienone is 2. The van der Waals surface area contributed by atoms with Crippen LogP contribution in [0.5, 0.6) is 0 Å². The van der Waals surface area contributed by atoms with Crippen LogP contribution in [0.25, 0.3) is 77.5 Å². The summed E-state index contributed by atoms with van der Waals surface area (Å²) in [5.74, 6) is 0. The average Bonchev–Trinajstić information content (AvgIpc) is 3.78. The molecule has 2 unspecified atom stereocenters. The maximum atomic E-state index is 9.16. The van der Waals surface area contributed by atoms with E-state index in [1.807, 2.05) is 6.88 Å².